The van der Waals surface area contributed by atoms with Gasteiger partial charge in [0.15, 0.2) is 0 Å². The summed E-state index contributed by atoms with van der Waals surface area (Å²) in [5.41, 5.74) is 0. The summed E-state index contributed by atoms with van der Waals surface area (Å²) in [5, 5.41) is 0. The summed E-state index contributed by atoms with van der Waals surface area (Å²) >= 11 is 2.14. The smallest absolute Gasteiger partial charge is 0 e. The maximum Gasteiger partial charge on any atom is 0 e. The molecule has 0 aliphatic heterocycles. The molecule has 0 saturated carbocycles. The molecule has 0 N–H and O–H groups in total. The first kappa shape index (κ1) is 15.8. The van der Waals surface area contributed by atoms with Crippen LogP contribution in [0.2, 0.25) is 0 Å². The standard InChI is InChI=1S/Ce.H3Si.Ti.V/h;1H3;;. The second-order valence-electron chi connectivity index (χ2n) is 0. The summed E-state index contributed by atoms with van der Waals surface area (Å²) in [6.45, 7) is 0. The Kier molecular flexibility index (Phi) is 66.6. The molecule has 0 saturated heterocycles. The van der Waals surface area contributed by atoms with E-state index >= 15 is 0 Å². The zero-order chi connectivity index (χ0) is 2.00. The Bertz CT molecular complexity index is 8.00. The van der Waals surface area contributed by atoms with E-state index in [0.29, 0.717) is 0 Å². The molecule has 0 aliphatic rings. The second-order valence-corrected chi connectivity index (χ2v) is 0. The first-order chi connectivity index (χ1) is 1.00. The van der Waals surface area contributed by atoms with E-state index in [1.165, 1.54) is 8.11 Å². The predicted octanol–water partition coefficient (Wildman–Crippen LogP) is -1.19. The maximum absolute atomic E-state index is 2.14. The van der Waals surface area contributed by atoms with Crippen LogP contribution in [0.25, 0.3) is 0 Å². The van der Waals surface area contributed by atoms with E-state index in [2.05, 4.69) is 19.7 Å². The Morgan fingerprint density at radius 2 is 1.25 bits per heavy atom. The van der Waals surface area contributed by atoms with Gasteiger partial charge in [-0.05, 0) is 0 Å². The van der Waals surface area contributed by atoms with Gasteiger partial charge in [0.2, 0.25) is 0 Å². The van der Waals surface area contributed by atoms with Gasteiger partial charge in [0.1, 0.15) is 0 Å². The van der Waals surface area contributed by atoms with Crippen molar-refractivity contribution in [2.24, 2.45) is 0 Å². The van der Waals surface area contributed by atoms with Gasteiger partial charge in [-0.15, -0.1) is 0 Å². The van der Waals surface area contributed by atoms with Crippen molar-refractivity contribution >= 4 is 8.11 Å². The van der Waals surface area contributed by atoms with Crippen molar-refractivity contribution in [1.82, 2.24) is 0 Å². The minimum Gasteiger partial charge on any atom is 0 e. The van der Waals surface area contributed by atoms with Gasteiger partial charge in [-0.25, -0.2) is 0 Å². The largest absolute Gasteiger partial charge is 0 e. The normalized spacial score (nSPS) is 1.75. The molecule has 4 heteroatoms. The second kappa shape index (κ2) is 16.9. The molecule has 4 heavy (non-hydrogen) atoms. The molecule has 0 aromatic carbocycles. The van der Waals surface area contributed by atoms with E-state index < -0.39 is 0 Å². The minimum absolute atomic E-state index is 0. The van der Waals surface area contributed by atoms with Crippen LogP contribution in [0.3, 0.4) is 0 Å². The molecule has 0 aromatic heterocycles. The van der Waals surface area contributed by atoms with E-state index in [4.69, 9.17) is 0 Å². The van der Waals surface area contributed by atoms with Crippen molar-refractivity contribution in [1.29, 1.82) is 0 Å². The molecule has 0 rings (SSSR count). The van der Waals surface area contributed by atoms with Gasteiger partial charge in [0.05, 0.1) is 0 Å². The first-order valence-corrected chi connectivity index (χ1v) is 6.18. The summed E-state index contributed by atoms with van der Waals surface area (Å²) in [7, 11) is 1.31. The van der Waals surface area contributed by atoms with E-state index in [1.807, 2.05) is 0 Å². The van der Waals surface area contributed by atoms with Crippen LogP contribution < -0.4 is 0 Å². The molecule has 0 aromatic rings. The summed E-state index contributed by atoms with van der Waals surface area (Å²) in [6.07, 6.45) is 0. The van der Waals surface area contributed by atoms with Gasteiger partial charge in [0.25, 0.3) is 0 Å². The van der Waals surface area contributed by atoms with Crippen molar-refractivity contribution in [3.63, 3.8) is 0 Å². The summed E-state index contributed by atoms with van der Waals surface area (Å²) in [5.74, 6) is 0. The zero-order valence-corrected chi connectivity index (χ0v) is 10.5. The third-order valence-electron chi connectivity index (χ3n) is 0. The molecule has 0 unspecified atom stereocenters. The first-order valence-electron chi connectivity index (χ1n) is 0.500. The zero-order valence-electron chi connectivity index (χ0n) is 2.45. The Morgan fingerprint density at radius 3 is 1.25 bits per heavy atom. The molecular formula is H3CeSiTiV. The fourth-order valence-electron chi connectivity index (χ4n) is 0. The van der Waals surface area contributed by atoms with Crippen molar-refractivity contribution in [2.45, 2.75) is 0 Å². The van der Waals surface area contributed by atoms with Gasteiger partial charge in [-0.3, -0.25) is 0 Å². The van der Waals surface area contributed by atoms with Crippen LogP contribution in [0.5, 0.6) is 0 Å². The predicted molar refractivity (Wildman–Crippen MR) is 9.94 cm³/mol. The van der Waals surface area contributed by atoms with E-state index in [9.17, 15) is 0 Å². The van der Waals surface area contributed by atoms with Gasteiger partial charge in [-0.1, -0.05) is 0 Å². The average Bonchev–Trinajstić information content (AvgIpc) is 1.00. The average molecular weight is 270 g/mol. The Hall–Kier alpha value is 2.89. The molecule has 0 bridgehead atoms. The summed E-state index contributed by atoms with van der Waals surface area (Å²) in [4.78, 5) is 0. The SMILES string of the molecule is [Ce].[SiH3][Ti].[V]. The van der Waals surface area contributed by atoms with E-state index in [0.717, 1.165) is 0 Å². The van der Waals surface area contributed by atoms with Crippen molar-refractivity contribution < 1.29 is 80.0 Å². The van der Waals surface area contributed by atoms with Crippen LogP contribution >= 0.6 is 0 Å². The van der Waals surface area contributed by atoms with Crippen molar-refractivity contribution in [3.05, 3.63) is 0 Å². The van der Waals surface area contributed by atoms with Crippen LogP contribution in [0.4, 0.5) is 0 Å². The summed E-state index contributed by atoms with van der Waals surface area (Å²) < 4.78 is 0. The van der Waals surface area contributed by atoms with Crippen LogP contribution in [-0.4, -0.2) is 8.11 Å². The number of rotatable bonds is 0. The Balaban J connectivity index is -0.00000000500. The third-order valence-corrected chi connectivity index (χ3v) is 0. The molecule has 0 fully saturated rings. The van der Waals surface area contributed by atoms with Gasteiger partial charge >= 0.3 is 27.8 Å². The Morgan fingerprint density at radius 1 is 1.25 bits per heavy atom. The fourth-order valence-corrected chi connectivity index (χ4v) is 0. The van der Waals surface area contributed by atoms with Crippen molar-refractivity contribution in [3.8, 4) is 0 Å². The molecule has 0 amide bonds. The number of hydrogen-bond acceptors (Lipinski definition) is 0. The van der Waals surface area contributed by atoms with Crippen molar-refractivity contribution in [2.75, 3.05) is 0 Å². The van der Waals surface area contributed by atoms with Crippen LogP contribution in [0.1, 0.15) is 0 Å². The number of hydrogen-bond donors (Lipinski definition) is 0. The molecule has 0 spiro atoms. The molecule has 0 heterocycles. The van der Waals surface area contributed by atoms with Crippen LogP contribution in [-0.2, 0) is 38.2 Å². The van der Waals surface area contributed by atoms with E-state index in [-0.39, 0.29) is 60.3 Å². The van der Waals surface area contributed by atoms with Crippen LogP contribution in [0.15, 0.2) is 0 Å². The quantitative estimate of drug-likeness (QED) is 0.486. The molecular weight excluding hydrogens is 267 g/mol. The summed E-state index contributed by atoms with van der Waals surface area (Å²) in [6, 6.07) is 0. The monoisotopic (exact) mass is 270 g/mol. The molecule has 20 valence electrons. The van der Waals surface area contributed by atoms with Crippen LogP contribution in [0, 0.1) is 41.7 Å². The third kappa shape index (κ3) is 8.86. The fraction of sp³-hybridized carbons (Fsp3) is 0. The molecule has 0 atom stereocenters. The van der Waals surface area contributed by atoms with Gasteiger partial charge < -0.3 is 0 Å². The van der Waals surface area contributed by atoms with Gasteiger partial charge in [0, 0.05) is 60.3 Å². The van der Waals surface area contributed by atoms with Gasteiger partial charge in [-0.2, -0.15) is 0 Å². The topological polar surface area (TPSA) is 0 Å². The van der Waals surface area contributed by atoms with E-state index in [1.54, 1.807) is 0 Å². The minimum atomic E-state index is 0. The maximum atomic E-state index is 2.14. The Labute approximate surface area is 86.2 Å². The molecule has 1 radical (unpaired) electrons. The molecule has 0 aliphatic carbocycles. The molecule has 0 nitrogen and oxygen atoms in total.